The summed E-state index contributed by atoms with van der Waals surface area (Å²) < 4.78 is 0. The van der Waals surface area contributed by atoms with Gasteiger partial charge >= 0.3 is 0 Å². The molecular formula is C12H18ClN. The minimum Gasteiger partial charge on any atom is -0.314 e. The molecule has 0 heterocycles. The first kappa shape index (κ1) is 11.5. The number of hydrogen-bond acceptors (Lipinski definition) is 1. The Bertz CT molecular complexity index is 296. The molecule has 0 spiro atoms. The van der Waals surface area contributed by atoms with Crippen LogP contribution in [0.4, 0.5) is 0 Å². The summed E-state index contributed by atoms with van der Waals surface area (Å²) >= 11 is 5.96. The number of aryl methyl sites for hydroxylation is 1. The van der Waals surface area contributed by atoms with Gasteiger partial charge in [-0.3, -0.25) is 0 Å². The Morgan fingerprint density at radius 1 is 1.43 bits per heavy atom. The third kappa shape index (κ3) is 3.32. The van der Waals surface area contributed by atoms with Crippen LogP contribution in [0.5, 0.6) is 0 Å². The number of hydrogen-bond donors (Lipinski definition) is 1. The van der Waals surface area contributed by atoms with Crippen molar-refractivity contribution in [2.24, 2.45) is 0 Å². The van der Waals surface area contributed by atoms with Crippen LogP contribution in [0.15, 0.2) is 18.2 Å². The smallest absolute Gasteiger partial charge is 0.0435 e. The minimum absolute atomic E-state index is 0.528. The summed E-state index contributed by atoms with van der Waals surface area (Å²) in [7, 11) is 0. The second-order valence-corrected chi connectivity index (χ2v) is 4.15. The van der Waals surface area contributed by atoms with Gasteiger partial charge in [0.25, 0.3) is 0 Å². The topological polar surface area (TPSA) is 12.0 Å². The molecule has 1 nitrogen and oxygen atoms in total. The molecule has 78 valence electrons. The SMILES string of the molecule is CCNC(C)Cc1ccc(Cl)c(C)c1. The van der Waals surface area contributed by atoms with Crippen LogP contribution in [0, 0.1) is 6.92 Å². The molecule has 2 heteroatoms. The van der Waals surface area contributed by atoms with Gasteiger partial charge in [-0.05, 0) is 44.0 Å². The maximum atomic E-state index is 5.96. The fourth-order valence-electron chi connectivity index (χ4n) is 1.61. The first-order chi connectivity index (χ1) is 6.63. The van der Waals surface area contributed by atoms with Crippen LogP contribution in [0.1, 0.15) is 25.0 Å². The maximum Gasteiger partial charge on any atom is 0.0435 e. The van der Waals surface area contributed by atoms with Crippen molar-refractivity contribution in [3.63, 3.8) is 0 Å². The molecule has 0 saturated carbocycles. The van der Waals surface area contributed by atoms with E-state index in [1.54, 1.807) is 0 Å². The molecule has 0 fully saturated rings. The molecule has 0 aliphatic heterocycles. The maximum absolute atomic E-state index is 5.96. The predicted molar refractivity (Wildman–Crippen MR) is 63.0 cm³/mol. The van der Waals surface area contributed by atoms with Crippen molar-refractivity contribution >= 4 is 11.6 Å². The molecule has 0 saturated heterocycles. The molecular weight excluding hydrogens is 194 g/mol. The van der Waals surface area contributed by atoms with Gasteiger partial charge in [-0.15, -0.1) is 0 Å². The lowest BCUT2D eigenvalue weighted by atomic mass is 10.0. The second kappa shape index (κ2) is 5.38. The quantitative estimate of drug-likeness (QED) is 0.807. The monoisotopic (exact) mass is 211 g/mol. The third-order valence-corrected chi connectivity index (χ3v) is 2.74. The van der Waals surface area contributed by atoms with Gasteiger partial charge in [0, 0.05) is 11.1 Å². The highest BCUT2D eigenvalue weighted by Crippen LogP contribution is 2.17. The summed E-state index contributed by atoms with van der Waals surface area (Å²) in [5, 5.41) is 4.25. The number of benzene rings is 1. The highest BCUT2D eigenvalue weighted by molar-refractivity contribution is 6.31. The Labute approximate surface area is 91.5 Å². The van der Waals surface area contributed by atoms with Crippen LogP contribution in [0.2, 0.25) is 5.02 Å². The van der Waals surface area contributed by atoms with Gasteiger partial charge in [0.05, 0.1) is 0 Å². The average Bonchev–Trinajstić information content (AvgIpc) is 2.12. The van der Waals surface area contributed by atoms with E-state index in [2.05, 4.69) is 31.3 Å². The van der Waals surface area contributed by atoms with Gasteiger partial charge in [-0.2, -0.15) is 0 Å². The summed E-state index contributed by atoms with van der Waals surface area (Å²) in [5.41, 5.74) is 2.51. The summed E-state index contributed by atoms with van der Waals surface area (Å²) in [4.78, 5) is 0. The molecule has 1 aromatic carbocycles. The highest BCUT2D eigenvalue weighted by Gasteiger charge is 2.03. The minimum atomic E-state index is 0.528. The van der Waals surface area contributed by atoms with E-state index in [1.165, 1.54) is 5.56 Å². The van der Waals surface area contributed by atoms with E-state index in [1.807, 2.05) is 13.0 Å². The zero-order valence-corrected chi connectivity index (χ0v) is 9.86. The molecule has 0 aromatic heterocycles. The molecule has 0 aliphatic rings. The lowest BCUT2D eigenvalue weighted by molar-refractivity contribution is 0.565. The molecule has 0 radical (unpaired) electrons. The molecule has 1 rings (SSSR count). The Morgan fingerprint density at radius 3 is 2.71 bits per heavy atom. The Morgan fingerprint density at radius 2 is 2.14 bits per heavy atom. The zero-order valence-electron chi connectivity index (χ0n) is 9.10. The molecule has 1 aromatic rings. The number of nitrogens with one attached hydrogen (secondary N) is 1. The van der Waals surface area contributed by atoms with Crippen molar-refractivity contribution in [3.05, 3.63) is 34.3 Å². The van der Waals surface area contributed by atoms with E-state index in [0.29, 0.717) is 6.04 Å². The van der Waals surface area contributed by atoms with Gasteiger partial charge in [0.15, 0.2) is 0 Å². The second-order valence-electron chi connectivity index (χ2n) is 3.75. The normalized spacial score (nSPS) is 12.9. The Kier molecular flexibility index (Phi) is 4.43. The largest absolute Gasteiger partial charge is 0.314 e. The third-order valence-electron chi connectivity index (χ3n) is 2.32. The Hall–Kier alpha value is -0.530. The van der Waals surface area contributed by atoms with Gasteiger partial charge < -0.3 is 5.32 Å². The fourth-order valence-corrected chi connectivity index (χ4v) is 1.73. The summed E-state index contributed by atoms with van der Waals surface area (Å²) in [5.74, 6) is 0. The van der Waals surface area contributed by atoms with Crippen LogP contribution in [-0.4, -0.2) is 12.6 Å². The number of likely N-dealkylation sites (N-methyl/N-ethyl adjacent to an activating group) is 1. The standard InChI is InChI=1S/C12H18ClN/c1-4-14-10(3)8-11-5-6-12(13)9(2)7-11/h5-7,10,14H,4,8H2,1-3H3. The van der Waals surface area contributed by atoms with Crippen molar-refractivity contribution in [2.45, 2.75) is 33.2 Å². The van der Waals surface area contributed by atoms with E-state index in [4.69, 9.17) is 11.6 Å². The van der Waals surface area contributed by atoms with Gasteiger partial charge in [-0.25, -0.2) is 0 Å². The van der Waals surface area contributed by atoms with Crippen molar-refractivity contribution in [1.82, 2.24) is 5.32 Å². The van der Waals surface area contributed by atoms with Crippen LogP contribution in [0.25, 0.3) is 0 Å². The van der Waals surface area contributed by atoms with E-state index in [9.17, 15) is 0 Å². The van der Waals surface area contributed by atoms with Gasteiger partial charge in [0.2, 0.25) is 0 Å². The molecule has 0 aliphatic carbocycles. The summed E-state index contributed by atoms with van der Waals surface area (Å²) in [6.45, 7) is 7.40. The number of rotatable bonds is 4. The first-order valence-electron chi connectivity index (χ1n) is 5.12. The van der Waals surface area contributed by atoms with Crippen molar-refractivity contribution in [3.8, 4) is 0 Å². The van der Waals surface area contributed by atoms with E-state index >= 15 is 0 Å². The molecule has 14 heavy (non-hydrogen) atoms. The van der Waals surface area contributed by atoms with Crippen LogP contribution < -0.4 is 5.32 Å². The molecule has 0 bridgehead atoms. The zero-order chi connectivity index (χ0) is 10.6. The van der Waals surface area contributed by atoms with Gasteiger partial charge in [0.1, 0.15) is 0 Å². The Balaban J connectivity index is 2.63. The van der Waals surface area contributed by atoms with Crippen LogP contribution in [0.3, 0.4) is 0 Å². The van der Waals surface area contributed by atoms with E-state index in [0.717, 1.165) is 23.6 Å². The number of halogens is 1. The van der Waals surface area contributed by atoms with Gasteiger partial charge in [-0.1, -0.05) is 30.7 Å². The highest BCUT2D eigenvalue weighted by atomic mass is 35.5. The predicted octanol–water partition coefficient (Wildman–Crippen LogP) is 3.19. The van der Waals surface area contributed by atoms with Crippen LogP contribution in [-0.2, 0) is 6.42 Å². The van der Waals surface area contributed by atoms with Crippen molar-refractivity contribution in [2.75, 3.05) is 6.54 Å². The lowest BCUT2D eigenvalue weighted by Gasteiger charge is -2.12. The summed E-state index contributed by atoms with van der Waals surface area (Å²) in [6.07, 6.45) is 1.06. The lowest BCUT2D eigenvalue weighted by Crippen LogP contribution is -2.27. The molecule has 1 N–H and O–H groups in total. The summed E-state index contributed by atoms with van der Waals surface area (Å²) in [6, 6.07) is 6.77. The van der Waals surface area contributed by atoms with Crippen LogP contribution >= 0.6 is 11.6 Å². The van der Waals surface area contributed by atoms with E-state index in [-0.39, 0.29) is 0 Å². The van der Waals surface area contributed by atoms with E-state index < -0.39 is 0 Å². The van der Waals surface area contributed by atoms with Crippen molar-refractivity contribution < 1.29 is 0 Å². The molecule has 0 amide bonds. The van der Waals surface area contributed by atoms with Crippen molar-refractivity contribution in [1.29, 1.82) is 0 Å². The molecule has 1 unspecified atom stereocenters. The fraction of sp³-hybridized carbons (Fsp3) is 0.500. The average molecular weight is 212 g/mol. The molecule has 1 atom stereocenters. The first-order valence-corrected chi connectivity index (χ1v) is 5.49.